The monoisotopic (exact) mass is 524 g/mol. The highest BCUT2D eigenvalue weighted by molar-refractivity contribution is 14.0. The molecule has 0 saturated carbocycles. The largest absolute Gasteiger partial charge is 0.357 e. The third kappa shape index (κ3) is 7.59. The lowest BCUT2D eigenvalue weighted by Crippen LogP contribution is -2.38. The first-order chi connectivity index (χ1) is 14.1. The van der Waals surface area contributed by atoms with E-state index in [-0.39, 0.29) is 35.7 Å². The summed E-state index contributed by atoms with van der Waals surface area (Å²) in [7, 11) is 0. The zero-order valence-corrected chi connectivity index (χ0v) is 19.7. The maximum atomic E-state index is 13.0. The van der Waals surface area contributed by atoms with E-state index in [4.69, 9.17) is 0 Å². The van der Waals surface area contributed by atoms with Crippen molar-refractivity contribution in [3.05, 3.63) is 71.0 Å². The number of rotatable bonds is 8. The molecule has 1 aliphatic heterocycles. The van der Waals surface area contributed by atoms with E-state index < -0.39 is 0 Å². The summed E-state index contributed by atoms with van der Waals surface area (Å²) >= 11 is 0. The highest BCUT2D eigenvalue weighted by Crippen LogP contribution is 2.15. The van der Waals surface area contributed by atoms with Crippen LogP contribution in [0.2, 0.25) is 0 Å². The normalized spacial score (nSPS) is 13.9. The molecule has 1 heterocycles. The van der Waals surface area contributed by atoms with Gasteiger partial charge in [0.15, 0.2) is 5.96 Å². The average molecular weight is 524 g/mol. The number of aliphatic imine (C=N–C) groups is 1. The van der Waals surface area contributed by atoms with Crippen LogP contribution in [-0.4, -0.2) is 36.4 Å². The Morgan fingerprint density at radius 2 is 1.70 bits per heavy atom. The van der Waals surface area contributed by atoms with Crippen molar-refractivity contribution in [3.63, 3.8) is 0 Å². The van der Waals surface area contributed by atoms with E-state index in [0.29, 0.717) is 19.5 Å². The number of nitrogens with one attached hydrogen (secondary N) is 2. The number of benzene rings is 2. The van der Waals surface area contributed by atoms with Crippen LogP contribution >= 0.6 is 24.0 Å². The lowest BCUT2D eigenvalue weighted by molar-refractivity contribution is -0.128. The second-order valence-corrected chi connectivity index (χ2v) is 7.23. The summed E-state index contributed by atoms with van der Waals surface area (Å²) in [6, 6.07) is 14.9. The van der Waals surface area contributed by atoms with E-state index in [2.05, 4.69) is 39.9 Å². The van der Waals surface area contributed by atoms with Crippen molar-refractivity contribution in [2.24, 2.45) is 4.99 Å². The zero-order valence-electron chi connectivity index (χ0n) is 17.4. The SMILES string of the molecule is CCNC(=NCc1ccc(CN2CCCC2=O)cc1)NCCc1ccc(F)cc1.I. The van der Waals surface area contributed by atoms with E-state index in [1.165, 1.54) is 12.1 Å². The molecule has 2 aromatic carbocycles. The van der Waals surface area contributed by atoms with E-state index in [9.17, 15) is 9.18 Å². The van der Waals surface area contributed by atoms with Gasteiger partial charge in [-0.15, -0.1) is 24.0 Å². The van der Waals surface area contributed by atoms with Crippen LogP contribution in [-0.2, 0) is 24.3 Å². The van der Waals surface area contributed by atoms with Crippen molar-refractivity contribution in [1.82, 2.24) is 15.5 Å². The first kappa shape index (κ1) is 24.1. The minimum atomic E-state index is -0.213. The Hall–Kier alpha value is -2.16. The Kier molecular flexibility index (Phi) is 10.1. The van der Waals surface area contributed by atoms with Gasteiger partial charge in [0.05, 0.1) is 6.54 Å². The molecular weight excluding hydrogens is 494 g/mol. The fourth-order valence-electron chi connectivity index (χ4n) is 3.33. The van der Waals surface area contributed by atoms with Gasteiger partial charge in [-0.2, -0.15) is 0 Å². The fraction of sp³-hybridized carbons (Fsp3) is 0.391. The number of amides is 1. The number of carbonyl (C=O) groups excluding carboxylic acids is 1. The summed E-state index contributed by atoms with van der Waals surface area (Å²) in [4.78, 5) is 18.3. The van der Waals surface area contributed by atoms with E-state index in [0.717, 1.165) is 55.1 Å². The van der Waals surface area contributed by atoms with Crippen LogP contribution < -0.4 is 10.6 Å². The van der Waals surface area contributed by atoms with Gasteiger partial charge < -0.3 is 15.5 Å². The van der Waals surface area contributed by atoms with Gasteiger partial charge in [0.2, 0.25) is 5.91 Å². The summed E-state index contributed by atoms with van der Waals surface area (Å²) in [5, 5.41) is 6.57. The van der Waals surface area contributed by atoms with Gasteiger partial charge >= 0.3 is 0 Å². The summed E-state index contributed by atoms with van der Waals surface area (Å²) in [5.74, 6) is 0.802. The molecule has 1 saturated heterocycles. The molecule has 2 N–H and O–H groups in total. The van der Waals surface area contributed by atoms with Gasteiger partial charge in [-0.25, -0.2) is 9.38 Å². The molecule has 0 atom stereocenters. The van der Waals surface area contributed by atoms with Gasteiger partial charge in [-0.3, -0.25) is 4.79 Å². The van der Waals surface area contributed by atoms with Crippen molar-refractivity contribution >= 4 is 35.8 Å². The number of likely N-dealkylation sites (tertiary alicyclic amines) is 1. The third-order valence-corrected chi connectivity index (χ3v) is 4.95. The highest BCUT2D eigenvalue weighted by Gasteiger charge is 2.19. The molecular formula is C23H30FIN4O. The molecule has 1 aliphatic rings. The van der Waals surface area contributed by atoms with Crippen LogP contribution in [0.15, 0.2) is 53.5 Å². The van der Waals surface area contributed by atoms with E-state index >= 15 is 0 Å². The summed E-state index contributed by atoms with van der Waals surface area (Å²) in [5.41, 5.74) is 3.36. The maximum Gasteiger partial charge on any atom is 0.222 e. The van der Waals surface area contributed by atoms with Gasteiger partial charge in [0, 0.05) is 32.6 Å². The van der Waals surface area contributed by atoms with Gasteiger partial charge in [0.25, 0.3) is 0 Å². The number of hydrogen-bond acceptors (Lipinski definition) is 2. The molecule has 0 radical (unpaired) electrons. The summed E-state index contributed by atoms with van der Waals surface area (Å²) in [6.07, 6.45) is 2.44. The average Bonchev–Trinajstić information content (AvgIpc) is 3.13. The predicted molar refractivity (Wildman–Crippen MR) is 129 cm³/mol. The van der Waals surface area contributed by atoms with Gasteiger partial charge in [-0.05, 0) is 48.6 Å². The smallest absolute Gasteiger partial charge is 0.222 e. The second kappa shape index (κ2) is 12.5. The number of nitrogens with zero attached hydrogens (tertiary/aromatic N) is 2. The Balaban J connectivity index is 0.00000320. The molecule has 3 rings (SSSR count). The van der Waals surface area contributed by atoms with Crippen molar-refractivity contribution in [2.45, 2.75) is 39.3 Å². The molecule has 0 bridgehead atoms. The molecule has 0 aliphatic carbocycles. The van der Waals surface area contributed by atoms with Crippen molar-refractivity contribution in [2.75, 3.05) is 19.6 Å². The van der Waals surface area contributed by atoms with Crippen molar-refractivity contribution in [3.8, 4) is 0 Å². The molecule has 0 spiro atoms. The van der Waals surface area contributed by atoms with Gasteiger partial charge in [0.1, 0.15) is 5.82 Å². The molecule has 7 heteroatoms. The van der Waals surface area contributed by atoms with Crippen LogP contribution in [0.1, 0.15) is 36.5 Å². The Labute approximate surface area is 195 Å². The summed E-state index contributed by atoms with van der Waals surface area (Å²) in [6.45, 7) is 5.67. The minimum Gasteiger partial charge on any atom is -0.357 e. The molecule has 1 amide bonds. The topological polar surface area (TPSA) is 56.7 Å². The van der Waals surface area contributed by atoms with Crippen molar-refractivity contribution < 1.29 is 9.18 Å². The molecule has 1 fully saturated rings. The molecule has 5 nitrogen and oxygen atoms in total. The van der Waals surface area contributed by atoms with Gasteiger partial charge in [-0.1, -0.05) is 36.4 Å². The highest BCUT2D eigenvalue weighted by atomic mass is 127. The standard InChI is InChI=1S/C23H29FN4O.HI/c1-2-25-23(26-14-13-18-9-11-21(24)12-10-18)27-16-19-5-7-20(8-6-19)17-28-15-3-4-22(28)29;/h5-12H,2-4,13-17H2,1H3,(H2,25,26,27);1H. The van der Waals surface area contributed by atoms with Crippen LogP contribution in [0.5, 0.6) is 0 Å². The van der Waals surface area contributed by atoms with Crippen LogP contribution in [0.4, 0.5) is 4.39 Å². The first-order valence-corrected chi connectivity index (χ1v) is 10.3. The second-order valence-electron chi connectivity index (χ2n) is 7.23. The first-order valence-electron chi connectivity index (χ1n) is 10.3. The molecule has 0 unspecified atom stereocenters. The van der Waals surface area contributed by atoms with Crippen LogP contribution in [0, 0.1) is 5.82 Å². The quantitative estimate of drug-likeness (QED) is 0.313. The summed E-state index contributed by atoms with van der Waals surface area (Å²) < 4.78 is 13.0. The van der Waals surface area contributed by atoms with E-state index in [1.54, 1.807) is 12.1 Å². The van der Waals surface area contributed by atoms with Crippen LogP contribution in [0.3, 0.4) is 0 Å². The fourth-order valence-corrected chi connectivity index (χ4v) is 3.33. The molecule has 0 aromatic heterocycles. The molecule has 2 aromatic rings. The Morgan fingerprint density at radius 1 is 1.03 bits per heavy atom. The molecule has 30 heavy (non-hydrogen) atoms. The lowest BCUT2D eigenvalue weighted by atomic mass is 10.1. The Bertz CT molecular complexity index is 824. The number of hydrogen-bond donors (Lipinski definition) is 2. The third-order valence-electron chi connectivity index (χ3n) is 4.95. The maximum absolute atomic E-state index is 13.0. The minimum absolute atomic E-state index is 0. The van der Waals surface area contributed by atoms with E-state index in [1.807, 2.05) is 11.8 Å². The molecule has 162 valence electrons. The number of halogens is 2. The number of carbonyl (C=O) groups is 1. The zero-order chi connectivity index (χ0) is 20.5. The lowest BCUT2D eigenvalue weighted by Gasteiger charge is -2.15. The van der Waals surface area contributed by atoms with Crippen molar-refractivity contribution in [1.29, 1.82) is 0 Å². The Morgan fingerprint density at radius 3 is 2.33 bits per heavy atom. The number of guanidine groups is 1. The predicted octanol–water partition coefficient (Wildman–Crippen LogP) is 3.86. The van der Waals surface area contributed by atoms with Crippen LogP contribution in [0.25, 0.3) is 0 Å².